The van der Waals surface area contributed by atoms with Gasteiger partial charge in [0.1, 0.15) is 24.7 Å². The molecule has 10 N–H and O–H groups in total. The van der Waals surface area contributed by atoms with E-state index in [1.54, 1.807) is 68.1 Å². The number of carbonyl (C=O) groups is 6. The van der Waals surface area contributed by atoms with E-state index in [0.29, 0.717) is 23.3 Å². The number of carboxylic acid groups (broad SMARTS) is 1. The third-order valence-corrected chi connectivity index (χ3v) is 12.9. The normalized spacial score (nSPS) is 15.4. The molecule has 3 aromatic heterocycles. The van der Waals surface area contributed by atoms with Gasteiger partial charge in [-0.25, -0.2) is 15.0 Å². The summed E-state index contributed by atoms with van der Waals surface area (Å²) in [6.45, 7) is 7.54. The second-order valence-corrected chi connectivity index (χ2v) is 19.5. The molecule has 23 nitrogen and oxygen atoms in total. The molecule has 1 fully saturated rings. The molecule has 2 unspecified atom stereocenters. The van der Waals surface area contributed by atoms with Crippen molar-refractivity contribution in [2.75, 3.05) is 69.5 Å². The molecule has 5 aromatic rings. The number of aliphatic carboxylic acids is 1. The number of nitrogens with one attached hydrogen (secondary N) is 4. The van der Waals surface area contributed by atoms with E-state index in [-0.39, 0.29) is 95.1 Å². The van der Waals surface area contributed by atoms with Gasteiger partial charge in [0.05, 0.1) is 67.0 Å². The number of hydrogen-bond acceptors (Lipinski definition) is 19. The molecule has 0 bridgehead atoms. The smallest absolute Gasteiger partial charge is 0.320 e. The zero-order chi connectivity index (χ0) is 52.8. The Hall–Kier alpha value is -7.25. The Morgan fingerprint density at radius 2 is 1.66 bits per heavy atom. The Labute approximate surface area is 425 Å². The molecule has 390 valence electrons. The van der Waals surface area contributed by atoms with Crippen LogP contribution in [0.1, 0.15) is 67.3 Å². The largest absolute Gasteiger partial charge is 0.480 e. The number of aromatic nitrogens is 5. The molecule has 0 saturated carbocycles. The predicted octanol–water partition coefficient (Wildman–Crippen LogP) is 1.62. The van der Waals surface area contributed by atoms with Gasteiger partial charge >= 0.3 is 5.97 Å². The highest BCUT2D eigenvalue weighted by Crippen LogP contribution is 2.29. The lowest BCUT2D eigenvalue weighted by atomic mass is 9.85. The molecule has 4 atom stereocenters. The quantitative estimate of drug-likeness (QED) is 0.0304. The van der Waals surface area contributed by atoms with Crippen molar-refractivity contribution < 1.29 is 48.5 Å². The fourth-order valence-electron chi connectivity index (χ4n) is 7.92. The third kappa shape index (κ3) is 15.6. The molecule has 1 aliphatic heterocycles. The van der Waals surface area contributed by atoms with Gasteiger partial charge in [-0.1, -0.05) is 45.0 Å². The SMILES string of the molecule is Cc1ncsc1-c1ccc(CNC(=O)C2C[C@@H](O)CN2C(=O)C(NC(=O)COCCOCCNC(=O)CC[C@H](NCC(=O)c2ccc(N(C)Cc3cnc4nc(N)nc(N)c4n3)cc2)C(=O)O)C(C)(C)C)cc1. The number of Topliss-reactive ketones (excluding diaryl/α,β-unsaturated/α-hetero) is 1. The van der Waals surface area contributed by atoms with Crippen LogP contribution in [0.15, 0.2) is 60.2 Å². The first-order valence-corrected chi connectivity index (χ1v) is 24.5. The summed E-state index contributed by atoms with van der Waals surface area (Å²) in [4.78, 5) is 103. The minimum absolute atomic E-state index is 0.00247. The van der Waals surface area contributed by atoms with Crippen LogP contribution in [0, 0.1) is 12.3 Å². The summed E-state index contributed by atoms with van der Waals surface area (Å²) in [5.41, 5.74) is 17.8. The number of fused-ring (bicyclic) bond motifs is 1. The van der Waals surface area contributed by atoms with Crippen molar-refractivity contribution in [2.24, 2.45) is 5.41 Å². The zero-order valence-electron chi connectivity index (χ0n) is 41.4. The summed E-state index contributed by atoms with van der Waals surface area (Å²) in [5.74, 6) is -3.29. The van der Waals surface area contributed by atoms with Crippen molar-refractivity contribution in [3.05, 3.63) is 82.8 Å². The fourth-order valence-corrected chi connectivity index (χ4v) is 8.73. The van der Waals surface area contributed by atoms with Crippen molar-refractivity contribution in [1.29, 1.82) is 0 Å². The molecule has 0 aliphatic carbocycles. The minimum Gasteiger partial charge on any atom is -0.480 e. The van der Waals surface area contributed by atoms with Gasteiger partial charge in [0.15, 0.2) is 22.8 Å². The number of nitrogens with zero attached hydrogens (tertiary/aromatic N) is 7. The summed E-state index contributed by atoms with van der Waals surface area (Å²) in [6, 6.07) is 11.4. The molecule has 0 radical (unpaired) electrons. The van der Waals surface area contributed by atoms with Gasteiger partial charge in [-0.2, -0.15) is 9.97 Å². The van der Waals surface area contributed by atoms with Crippen molar-refractivity contribution in [3.63, 3.8) is 0 Å². The topological polar surface area (TPSA) is 332 Å². The second kappa shape index (κ2) is 25.4. The average molecular weight is 1030 g/mol. The van der Waals surface area contributed by atoms with Crippen LogP contribution >= 0.6 is 11.3 Å². The van der Waals surface area contributed by atoms with Crippen molar-refractivity contribution >= 4 is 75.3 Å². The Morgan fingerprint density at radius 3 is 2.34 bits per heavy atom. The number of hydrogen-bond donors (Lipinski definition) is 8. The molecule has 6 rings (SSSR count). The highest BCUT2D eigenvalue weighted by molar-refractivity contribution is 7.13. The number of amides is 4. The highest BCUT2D eigenvalue weighted by atomic mass is 32.1. The third-order valence-electron chi connectivity index (χ3n) is 11.9. The minimum atomic E-state index is -1.21. The molecule has 4 amide bonds. The summed E-state index contributed by atoms with van der Waals surface area (Å²) in [5, 5.41) is 31.3. The van der Waals surface area contributed by atoms with E-state index in [1.807, 2.05) is 43.1 Å². The number of carboxylic acids is 1. The molecule has 0 spiro atoms. The van der Waals surface area contributed by atoms with E-state index in [9.17, 15) is 39.0 Å². The number of aryl methyl sites for hydroxylation is 1. The van der Waals surface area contributed by atoms with E-state index in [1.165, 1.54) is 4.90 Å². The lowest BCUT2D eigenvalue weighted by molar-refractivity contribution is -0.144. The summed E-state index contributed by atoms with van der Waals surface area (Å²) in [6.07, 6.45) is 0.512. The number of ether oxygens (including phenoxy) is 2. The number of anilines is 3. The summed E-state index contributed by atoms with van der Waals surface area (Å²) < 4.78 is 11.0. The van der Waals surface area contributed by atoms with Crippen LogP contribution in [0.5, 0.6) is 0 Å². The van der Waals surface area contributed by atoms with Crippen molar-refractivity contribution in [1.82, 2.24) is 51.1 Å². The van der Waals surface area contributed by atoms with Gasteiger partial charge in [-0.3, -0.25) is 34.1 Å². The molecule has 24 heteroatoms. The first-order valence-electron chi connectivity index (χ1n) is 23.6. The number of benzene rings is 2. The van der Waals surface area contributed by atoms with Crippen LogP contribution in [0.4, 0.5) is 17.5 Å². The van der Waals surface area contributed by atoms with Gasteiger partial charge in [-0.15, -0.1) is 11.3 Å². The van der Waals surface area contributed by atoms with E-state index in [4.69, 9.17) is 20.9 Å². The Morgan fingerprint density at radius 1 is 0.932 bits per heavy atom. The first-order chi connectivity index (χ1) is 34.8. The number of ketones is 1. The number of β-amino-alcohol motifs (C(OH)–C–C–N with tert-alkyl or cyclic N) is 1. The van der Waals surface area contributed by atoms with Gasteiger partial charge in [0.25, 0.3) is 0 Å². The Balaban J connectivity index is 0.840. The Bertz CT molecular complexity index is 2740. The lowest BCUT2D eigenvalue weighted by Gasteiger charge is -2.35. The fraction of sp³-hybridized carbons (Fsp3) is 0.449. The van der Waals surface area contributed by atoms with Gasteiger partial charge in [-0.05, 0) is 54.2 Å². The molecule has 4 heterocycles. The van der Waals surface area contributed by atoms with E-state index < -0.39 is 59.2 Å². The van der Waals surface area contributed by atoms with Crippen LogP contribution in [-0.4, -0.2) is 153 Å². The van der Waals surface area contributed by atoms with Crippen molar-refractivity contribution in [3.8, 4) is 10.4 Å². The number of aliphatic hydroxyl groups is 1. The molecule has 1 aliphatic rings. The van der Waals surface area contributed by atoms with Crippen LogP contribution in [-0.2, 0) is 46.5 Å². The van der Waals surface area contributed by atoms with E-state index >= 15 is 0 Å². The average Bonchev–Trinajstić information content (AvgIpc) is 3.97. The first kappa shape index (κ1) is 55.1. The van der Waals surface area contributed by atoms with E-state index in [2.05, 4.69) is 46.2 Å². The van der Waals surface area contributed by atoms with Crippen LogP contribution in [0.2, 0.25) is 0 Å². The number of rotatable bonds is 25. The molecular formula is C49H63N13O10S. The number of nitrogens with two attached hydrogens (primary N) is 2. The van der Waals surface area contributed by atoms with Crippen LogP contribution in [0.3, 0.4) is 0 Å². The maximum atomic E-state index is 13.9. The highest BCUT2D eigenvalue weighted by Gasteiger charge is 2.44. The molecule has 2 aromatic carbocycles. The van der Waals surface area contributed by atoms with Crippen LogP contribution in [0.25, 0.3) is 21.6 Å². The molecule has 73 heavy (non-hydrogen) atoms. The number of carbonyl (C=O) groups excluding carboxylic acids is 5. The lowest BCUT2D eigenvalue weighted by Crippen LogP contribution is -2.58. The number of nitrogen functional groups attached to an aromatic ring is 2. The predicted molar refractivity (Wildman–Crippen MR) is 272 cm³/mol. The van der Waals surface area contributed by atoms with Gasteiger partial charge in [0, 0.05) is 50.8 Å². The number of aliphatic hydroxyl groups excluding tert-OH is 1. The molecule has 1 saturated heterocycles. The monoisotopic (exact) mass is 1030 g/mol. The standard InChI is InChI=1S/C49H63N13O10S/c1-28-41(73-27-56-28)31-8-6-29(7-9-31)21-55-45(67)36-20-34(63)25-62(36)46(68)42(49(2,3)4)58-39(66)26-72-19-18-71-17-16-52-38(65)15-14-35(47(69)70)53-23-37(64)30-10-12-33(13-11-30)61(5)24-32-22-54-44-40(57-32)43(50)59-48(51)60-44/h6-13,22,27,34-36,42,53,63H,14-21,23-26H2,1-5H3,(H,52,65)(H,55,67)(H,58,66)(H,69,70)(H4,50,51,54,59,60)/t34-,35+,36?,42?/m1/s1. The van der Waals surface area contributed by atoms with Crippen molar-refractivity contribution in [2.45, 2.75) is 84.3 Å². The maximum Gasteiger partial charge on any atom is 0.320 e. The zero-order valence-corrected chi connectivity index (χ0v) is 42.2. The number of likely N-dealkylation sites (tertiary alicyclic amines) is 1. The summed E-state index contributed by atoms with van der Waals surface area (Å²) in [7, 11) is 1.84. The van der Waals surface area contributed by atoms with Gasteiger partial charge in [0.2, 0.25) is 29.6 Å². The number of thiazole rings is 1. The van der Waals surface area contributed by atoms with Crippen LogP contribution < -0.4 is 37.6 Å². The maximum absolute atomic E-state index is 13.9. The van der Waals surface area contributed by atoms with E-state index in [0.717, 1.165) is 27.4 Å². The Kier molecular flexibility index (Phi) is 19.2. The summed E-state index contributed by atoms with van der Waals surface area (Å²) >= 11 is 1.55. The molecular weight excluding hydrogens is 963 g/mol. The second-order valence-electron chi connectivity index (χ2n) is 18.6. The van der Waals surface area contributed by atoms with Gasteiger partial charge < -0.3 is 56.9 Å².